The van der Waals surface area contributed by atoms with Gasteiger partial charge in [0.2, 0.25) is 0 Å². The van der Waals surface area contributed by atoms with E-state index in [1.807, 2.05) is 30.3 Å². The molecule has 0 spiro atoms. The highest BCUT2D eigenvalue weighted by Gasteiger charge is 2.08. The first kappa shape index (κ1) is 18.7. The van der Waals surface area contributed by atoms with Crippen molar-refractivity contribution >= 4 is 37.4 Å². The molecule has 1 heterocycles. The third-order valence-electron chi connectivity index (χ3n) is 4.54. The van der Waals surface area contributed by atoms with Crippen LogP contribution >= 0.6 is 31.9 Å². The van der Waals surface area contributed by atoms with E-state index in [-0.39, 0.29) is 0 Å². The lowest BCUT2D eigenvalue weighted by Crippen LogP contribution is -2.29. The van der Waals surface area contributed by atoms with E-state index in [0.717, 1.165) is 27.0 Å². The van der Waals surface area contributed by atoms with Crippen LogP contribution in [-0.2, 0) is 0 Å². The fourth-order valence-corrected chi connectivity index (χ4v) is 4.12. The smallest absolute Gasteiger partial charge is 0.141 e. The molecule has 2 aromatic rings. The van der Waals surface area contributed by atoms with Gasteiger partial charge in [0.25, 0.3) is 0 Å². The number of hydrogen-bond acceptors (Lipinski definition) is 2. The van der Waals surface area contributed by atoms with E-state index in [4.69, 9.17) is 4.74 Å². The maximum absolute atomic E-state index is 5.96. The largest absolute Gasteiger partial charge is 0.456 e. The van der Waals surface area contributed by atoms with Crippen molar-refractivity contribution in [2.75, 3.05) is 19.6 Å². The third kappa shape index (κ3) is 5.44. The highest BCUT2D eigenvalue weighted by molar-refractivity contribution is 9.11. The van der Waals surface area contributed by atoms with Gasteiger partial charge in [-0.25, -0.2) is 0 Å². The Kier molecular flexibility index (Phi) is 6.74. The summed E-state index contributed by atoms with van der Waals surface area (Å²) in [7, 11) is 0. The molecule has 2 nitrogen and oxygen atoms in total. The average molecular weight is 465 g/mol. The van der Waals surface area contributed by atoms with E-state index in [2.05, 4.69) is 61.9 Å². The molecular weight excluding hydrogens is 442 g/mol. The summed E-state index contributed by atoms with van der Waals surface area (Å²) in [5, 5.41) is 0. The Labute approximate surface area is 167 Å². The van der Waals surface area contributed by atoms with E-state index in [0.29, 0.717) is 0 Å². The second kappa shape index (κ2) is 9.02. The molecule has 3 rings (SSSR count). The van der Waals surface area contributed by atoms with Crippen molar-refractivity contribution in [3.63, 3.8) is 0 Å². The Balaban J connectivity index is 1.62. The molecule has 0 saturated carbocycles. The topological polar surface area (TPSA) is 12.5 Å². The van der Waals surface area contributed by atoms with Crippen LogP contribution in [-0.4, -0.2) is 24.5 Å². The summed E-state index contributed by atoms with van der Waals surface area (Å²) in [6.07, 6.45) is 6.40. The first-order valence-electron chi connectivity index (χ1n) is 8.74. The van der Waals surface area contributed by atoms with Gasteiger partial charge in [-0.05, 0) is 90.3 Å². The summed E-state index contributed by atoms with van der Waals surface area (Å²) in [5.74, 6) is 1.66. The van der Waals surface area contributed by atoms with Crippen LogP contribution in [0.5, 0.6) is 11.5 Å². The predicted molar refractivity (Wildman–Crippen MR) is 112 cm³/mol. The minimum atomic E-state index is 0.813. The standard InChI is InChI=1S/C21H23Br2NO/c1-16(11-14-24-12-3-2-4-13-24)17-5-8-19(9-6-17)25-21-10-7-18(22)15-20(21)23/h5-11,15H,2-4,12-14H2,1H3. The summed E-state index contributed by atoms with van der Waals surface area (Å²) in [5.41, 5.74) is 2.57. The zero-order valence-electron chi connectivity index (χ0n) is 14.5. The molecule has 1 saturated heterocycles. The summed E-state index contributed by atoms with van der Waals surface area (Å²) < 4.78 is 7.92. The van der Waals surface area contributed by atoms with E-state index in [9.17, 15) is 0 Å². The van der Waals surface area contributed by atoms with Gasteiger partial charge in [-0.2, -0.15) is 0 Å². The molecule has 0 N–H and O–H groups in total. The molecule has 4 heteroatoms. The Morgan fingerprint density at radius 1 is 1.04 bits per heavy atom. The first-order chi connectivity index (χ1) is 12.1. The average Bonchev–Trinajstić information content (AvgIpc) is 2.63. The van der Waals surface area contributed by atoms with E-state index >= 15 is 0 Å². The first-order valence-corrected chi connectivity index (χ1v) is 10.3. The van der Waals surface area contributed by atoms with Crippen LogP contribution in [0.2, 0.25) is 0 Å². The van der Waals surface area contributed by atoms with Crippen LogP contribution in [0.25, 0.3) is 5.57 Å². The van der Waals surface area contributed by atoms with Crippen LogP contribution in [0.4, 0.5) is 0 Å². The molecule has 0 atom stereocenters. The molecule has 1 fully saturated rings. The van der Waals surface area contributed by atoms with Gasteiger partial charge in [0, 0.05) is 11.0 Å². The second-order valence-corrected chi connectivity index (χ2v) is 8.22. The Bertz CT molecular complexity index is 734. The maximum Gasteiger partial charge on any atom is 0.141 e. The molecule has 2 aromatic carbocycles. The number of benzene rings is 2. The van der Waals surface area contributed by atoms with Crippen molar-refractivity contribution in [1.29, 1.82) is 0 Å². The lowest BCUT2D eigenvalue weighted by molar-refractivity contribution is 0.251. The molecule has 0 radical (unpaired) electrons. The molecule has 0 aliphatic carbocycles. The number of rotatable bonds is 5. The molecule has 132 valence electrons. The predicted octanol–water partition coefficient (Wildman–Crippen LogP) is 6.89. The second-order valence-electron chi connectivity index (χ2n) is 6.45. The quantitative estimate of drug-likeness (QED) is 0.477. The molecule has 0 aromatic heterocycles. The number of piperidine rings is 1. The normalized spacial score (nSPS) is 16.0. The summed E-state index contributed by atoms with van der Waals surface area (Å²) in [6, 6.07) is 14.2. The minimum Gasteiger partial charge on any atom is -0.456 e. The van der Waals surface area contributed by atoms with Crippen molar-refractivity contribution in [2.24, 2.45) is 0 Å². The van der Waals surface area contributed by atoms with Crippen LogP contribution in [0.15, 0.2) is 57.5 Å². The minimum absolute atomic E-state index is 0.813. The summed E-state index contributed by atoms with van der Waals surface area (Å²) in [6.45, 7) is 5.71. The monoisotopic (exact) mass is 463 g/mol. The highest BCUT2D eigenvalue weighted by atomic mass is 79.9. The van der Waals surface area contributed by atoms with Gasteiger partial charge in [0.1, 0.15) is 11.5 Å². The fraction of sp³-hybridized carbons (Fsp3) is 0.333. The number of halogens is 2. The van der Waals surface area contributed by atoms with Crippen LogP contribution in [0, 0.1) is 0 Å². The van der Waals surface area contributed by atoms with Gasteiger partial charge < -0.3 is 4.74 Å². The fourth-order valence-electron chi connectivity index (χ4n) is 3.00. The van der Waals surface area contributed by atoms with Crippen LogP contribution in [0.3, 0.4) is 0 Å². The number of allylic oxidation sites excluding steroid dienone is 1. The molecule has 0 unspecified atom stereocenters. The number of hydrogen-bond donors (Lipinski definition) is 0. The van der Waals surface area contributed by atoms with Crippen molar-refractivity contribution in [1.82, 2.24) is 4.90 Å². The van der Waals surface area contributed by atoms with Gasteiger partial charge in [-0.3, -0.25) is 4.90 Å². The third-order valence-corrected chi connectivity index (χ3v) is 5.65. The van der Waals surface area contributed by atoms with Crippen LogP contribution in [0.1, 0.15) is 31.7 Å². The SMILES string of the molecule is CC(=CCN1CCCCC1)c1ccc(Oc2ccc(Br)cc2Br)cc1. The summed E-state index contributed by atoms with van der Waals surface area (Å²) >= 11 is 6.99. The number of ether oxygens (including phenoxy) is 1. The lowest BCUT2D eigenvalue weighted by Gasteiger charge is -2.25. The summed E-state index contributed by atoms with van der Waals surface area (Å²) in [4.78, 5) is 2.54. The van der Waals surface area contributed by atoms with Gasteiger partial charge >= 0.3 is 0 Å². The zero-order chi connectivity index (χ0) is 17.6. The molecule has 0 amide bonds. The van der Waals surface area contributed by atoms with Crippen LogP contribution < -0.4 is 4.74 Å². The molecule has 1 aliphatic heterocycles. The van der Waals surface area contributed by atoms with Gasteiger partial charge in [0.05, 0.1) is 4.47 Å². The number of likely N-dealkylation sites (tertiary alicyclic amines) is 1. The Morgan fingerprint density at radius 2 is 1.76 bits per heavy atom. The molecule has 1 aliphatic rings. The molecule has 0 bridgehead atoms. The Hall–Kier alpha value is -1.10. The van der Waals surface area contributed by atoms with Gasteiger partial charge in [-0.1, -0.05) is 40.6 Å². The van der Waals surface area contributed by atoms with E-state index < -0.39 is 0 Å². The van der Waals surface area contributed by atoms with Gasteiger partial charge in [-0.15, -0.1) is 0 Å². The Morgan fingerprint density at radius 3 is 2.44 bits per heavy atom. The van der Waals surface area contributed by atoms with Gasteiger partial charge in [0.15, 0.2) is 0 Å². The molecule has 25 heavy (non-hydrogen) atoms. The van der Waals surface area contributed by atoms with Crippen molar-refractivity contribution in [3.05, 3.63) is 63.0 Å². The zero-order valence-corrected chi connectivity index (χ0v) is 17.6. The van der Waals surface area contributed by atoms with Crippen molar-refractivity contribution in [3.8, 4) is 11.5 Å². The van der Waals surface area contributed by atoms with Crippen molar-refractivity contribution in [2.45, 2.75) is 26.2 Å². The van der Waals surface area contributed by atoms with E-state index in [1.165, 1.54) is 43.5 Å². The highest BCUT2D eigenvalue weighted by Crippen LogP contribution is 2.32. The van der Waals surface area contributed by atoms with E-state index in [1.54, 1.807) is 0 Å². The number of nitrogens with zero attached hydrogens (tertiary/aromatic N) is 1. The van der Waals surface area contributed by atoms with Crippen molar-refractivity contribution < 1.29 is 4.74 Å². The maximum atomic E-state index is 5.96. The molecular formula is C21H23Br2NO. The lowest BCUT2D eigenvalue weighted by atomic mass is 10.1.